The minimum atomic E-state index is -4.71. The molecule has 0 aromatic carbocycles. The van der Waals surface area contributed by atoms with Gasteiger partial charge in [-0.3, -0.25) is 14.2 Å². The molecule has 3 atom stereocenters. The molecule has 0 aliphatic heterocycles. The van der Waals surface area contributed by atoms with Crippen LogP contribution in [0.25, 0.3) is 0 Å². The Morgan fingerprint density at radius 1 is 0.438 bits per heavy atom. The molecule has 0 aliphatic rings. The maximum absolute atomic E-state index is 13.6. The standard InChI is InChI=1S/C70H129N2O7P/c1-7-10-13-16-19-22-25-28-30-31-32-33-34-35-36-37-38-39-40-41-42-44-47-50-53-56-59-62-69(73)71-67(66-78-80(75,76)77-65-64-72(4,5)6)68(61-58-55-52-49-46-43-27-24-21-18-15-12-9-3)79-70(74)63-60-57-54-51-48-45-29-26-23-20-17-14-11-8-2/h19,22,28,30,32-33,35-36,45,48,58,61,67-68H,7-18,20-21,23-27,29,31,34,37-44,46-47,49-57,59-60,62-66H2,1-6H3,(H-,71,73,75,76)/b22-19-,30-28-,33-32-,36-35-,48-45-,61-58-. The number of rotatable bonds is 61. The second-order valence-corrected chi connectivity index (χ2v) is 25.4. The molecule has 0 heterocycles. The van der Waals surface area contributed by atoms with Crippen LogP contribution in [-0.2, 0) is 27.9 Å². The number of carbonyl (C=O) groups is 2. The molecule has 0 aromatic heterocycles. The zero-order valence-electron chi connectivity index (χ0n) is 53.3. The number of amides is 1. The van der Waals surface area contributed by atoms with E-state index in [2.05, 4.69) is 86.8 Å². The van der Waals surface area contributed by atoms with Crippen LogP contribution in [0.2, 0.25) is 0 Å². The molecule has 1 N–H and O–H groups in total. The van der Waals surface area contributed by atoms with Crippen LogP contribution >= 0.6 is 7.82 Å². The Kier molecular flexibility index (Phi) is 57.7. The third-order valence-electron chi connectivity index (χ3n) is 14.9. The first kappa shape index (κ1) is 77.5. The van der Waals surface area contributed by atoms with E-state index in [1.807, 2.05) is 33.3 Å². The van der Waals surface area contributed by atoms with Crippen molar-refractivity contribution in [1.29, 1.82) is 0 Å². The molecule has 9 nitrogen and oxygen atoms in total. The van der Waals surface area contributed by atoms with Crippen molar-refractivity contribution < 1.29 is 37.3 Å². The van der Waals surface area contributed by atoms with Gasteiger partial charge in [0.25, 0.3) is 7.82 Å². The summed E-state index contributed by atoms with van der Waals surface area (Å²) < 4.78 is 30.4. The van der Waals surface area contributed by atoms with Gasteiger partial charge >= 0.3 is 5.97 Å². The third-order valence-corrected chi connectivity index (χ3v) is 15.8. The lowest BCUT2D eigenvalue weighted by molar-refractivity contribution is -0.870. The van der Waals surface area contributed by atoms with Crippen molar-refractivity contribution >= 4 is 19.7 Å². The lowest BCUT2D eigenvalue weighted by Gasteiger charge is -2.30. The predicted molar refractivity (Wildman–Crippen MR) is 344 cm³/mol. The number of hydrogen-bond acceptors (Lipinski definition) is 7. The summed E-state index contributed by atoms with van der Waals surface area (Å²) in [6.45, 7) is 6.82. The van der Waals surface area contributed by atoms with E-state index in [4.69, 9.17) is 13.8 Å². The molecule has 0 rings (SSSR count). The van der Waals surface area contributed by atoms with Crippen molar-refractivity contribution in [3.8, 4) is 0 Å². The molecule has 0 radical (unpaired) electrons. The highest BCUT2D eigenvalue weighted by molar-refractivity contribution is 7.45. The van der Waals surface area contributed by atoms with Crippen molar-refractivity contribution in [1.82, 2.24) is 5.32 Å². The van der Waals surface area contributed by atoms with Gasteiger partial charge < -0.3 is 28.5 Å². The number of phosphoric acid groups is 1. The fourth-order valence-electron chi connectivity index (χ4n) is 9.62. The summed E-state index contributed by atoms with van der Waals surface area (Å²) in [5, 5.41) is 3.03. The average molecular weight is 1140 g/mol. The number of esters is 1. The lowest BCUT2D eigenvalue weighted by Crippen LogP contribution is -2.47. The third kappa shape index (κ3) is 60.1. The van der Waals surface area contributed by atoms with Gasteiger partial charge in [0.15, 0.2) is 0 Å². The van der Waals surface area contributed by atoms with Gasteiger partial charge in [0.1, 0.15) is 19.3 Å². The summed E-state index contributed by atoms with van der Waals surface area (Å²) in [7, 11) is 1.18. The fourth-order valence-corrected chi connectivity index (χ4v) is 10.3. The Balaban J connectivity index is 5.10. The number of nitrogens with one attached hydrogen (secondary N) is 1. The number of unbranched alkanes of at least 4 members (excludes halogenated alkanes) is 35. The molecule has 10 heteroatoms. The molecule has 1 amide bonds. The van der Waals surface area contributed by atoms with Gasteiger partial charge in [-0.05, 0) is 102 Å². The van der Waals surface area contributed by atoms with Gasteiger partial charge in [-0.25, -0.2) is 0 Å². The number of likely N-dealkylation sites (N-methyl/N-ethyl adjacent to an activating group) is 1. The van der Waals surface area contributed by atoms with Gasteiger partial charge in [0.05, 0.1) is 33.8 Å². The summed E-state index contributed by atoms with van der Waals surface area (Å²) in [6, 6.07) is -0.898. The summed E-state index contributed by atoms with van der Waals surface area (Å²) in [4.78, 5) is 40.1. The van der Waals surface area contributed by atoms with E-state index in [9.17, 15) is 19.0 Å². The van der Waals surface area contributed by atoms with E-state index in [-0.39, 0.29) is 24.9 Å². The molecule has 3 unspecified atom stereocenters. The van der Waals surface area contributed by atoms with Crippen molar-refractivity contribution in [2.75, 3.05) is 40.9 Å². The van der Waals surface area contributed by atoms with Crippen LogP contribution < -0.4 is 10.2 Å². The number of nitrogens with zero attached hydrogens (tertiary/aromatic N) is 1. The Morgan fingerprint density at radius 2 is 0.762 bits per heavy atom. The summed E-state index contributed by atoms with van der Waals surface area (Å²) in [5.41, 5.74) is 0. The van der Waals surface area contributed by atoms with E-state index in [1.54, 1.807) is 0 Å². The van der Waals surface area contributed by atoms with Crippen LogP contribution in [0.5, 0.6) is 0 Å². The summed E-state index contributed by atoms with van der Waals surface area (Å²) in [5.74, 6) is -0.557. The van der Waals surface area contributed by atoms with Crippen LogP contribution in [0.3, 0.4) is 0 Å². The Labute approximate surface area is 495 Å². The van der Waals surface area contributed by atoms with Crippen LogP contribution in [-0.4, -0.2) is 69.4 Å². The second kappa shape index (κ2) is 59.6. The van der Waals surface area contributed by atoms with Crippen molar-refractivity contribution in [2.24, 2.45) is 0 Å². The first-order valence-corrected chi connectivity index (χ1v) is 35.2. The summed E-state index contributed by atoms with van der Waals surface area (Å²) >= 11 is 0. The minimum Gasteiger partial charge on any atom is -0.756 e. The highest BCUT2D eigenvalue weighted by Crippen LogP contribution is 2.38. The van der Waals surface area contributed by atoms with Gasteiger partial charge in [0.2, 0.25) is 5.91 Å². The lowest BCUT2D eigenvalue weighted by atomic mass is 10.0. The molecular formula is C70H129N2O7P. The molecule has 466 valence electrons. The molecular weight excluding hydrogens is 1010 g/mol. The molecule has 0 saturated heterocycles. The number of ether oxygens (including phenoxy) is 1. The number of carbonyl (C=O) groups excluding carboxylic acids is 2. The first-order valence-electron chi connectivity index (χ1n) is 33.7. The smallest absolute Gasteiger partial charge is 0.306 e. The number of allylic oxidation sites excluding steroid dienone is 11. The maximum atomic E-state index is 13.6. The fraction of sp³-hybridized carbons (Fsp3) is 0.800. The van der Waals surface area contributed by atoms with Crippen molar-refractivity contribution in [2.45, 2.75) is 322 Å². The zero-order chi connectivity index (χ0) is 58.6. The molecule has 80 heavy (non-hydrogen) atoms. The van der Waals surface area contributed by atoms with E-state index >= 15 is 0 Å². The van der Waals surface area contributed by atoms with E-state index < -0.39 is 26.6 Å². The quantitative estimate of drug-likeness (QED) is 0.0212. The normalized spacial score (nSPS) is 14.0. The van der Waals surface area contributed by atoms with Crippen molar-refractivity contribution in [3.05, 3.63) is 72.9 Å². The monoisotopic (exact) mass is 1140 g/mol. The number of phosphoric ester groups is 1. The Hall–Kier alpha value is -2.55. The Morgan fingerprint density at radius 3 is 1.19 bits per heavy atom. The van der Waals surface area contributed by atoms with E-state index in [1.165, 1.54) is 180 Å². The van der Waals surface area contributed by atoms with Crippen molar-refractivity contribution in [3.63, 3.8) is 0 Å². The molecule has 0 aromatic rings. The van der Waals surface area contributed by atoms with Crippen LogP contribution in [0.15, 0.2) is 72.9 Å². The maximum Gasteiger partial charge on any atom is 0.306 e. The molecule has 0 saturated carbocycles. The van der Waals surface area contributed by atoms with E-state index in [0.29, 0.717) is 23.9 Å². The molecule has 0 fully saturated rings. The largest absolute Gasteiger partial charge is 0.756 e. The summed E-state index contributed by atoms with van der Waals surface area (Å²) in [6.07, 6.45) is 77.3. The van der Waals surface area contributed by atoms with Gasteiger partial charge in [-0.1, -0.05) is 267 Å². The first-order chi connectivity index (χ1) is 38.9. The van der Waals surface area contributed by atoms with E-state index in [0.717, 1.165) is 89.9 Å². The highest BCUT2D eigenvalue weighted by atomic mass is 31.2. The van der Waals surface area contributed by atoms with Crippen LogP contribution in [0.1, 0.15) is 310 Å². The molecule has 0 aliphatic carbocycles. The highest BCUT2D eigenvalue weighted by Gasteiger charge is 2.27. The predicted octanol–water partition coefficient (Wildman–Crippen LogP) is 20.5. The van der Waals surface area contributed by atoms with Crippen LogP contribution in [0.4, 0.5) is 0 Å². The molecule has 0 bridgehead atoms. The number of quaternary nitrogens is 1. The van der Waals surface area contributed by atoms with Crippen LogP contribution in [0, 0.1) is 0 Å². The zero-order valence-corrected chi connectivity index (χ0v) is 54.2. The van der Waals surface area contributed by atoms with Gasteiger partial charge in [-0.15, -0.1) is 0 Å². The second-order valence-electron chi connectivity index (χ2n) is 24.0. The SMILES string of the molecule is CCCCC/C=C\C/C=C\C/C=C\C/C=C\CCCCCCCCCCCCCC(=O)NC(COP(=O)([O-])OCC[N+](C)(C)C)C(/C=C\CCCCCCCCCCCCC)OC(=O)CCCCC/C=C\CCCCCCCCC. The number of hydrogen-bond donors (Lipinski definition) is 1. The minimum absolute atomic E-state index is 0.0264. The van der Waals surface area contributed by atoms with Gasteiger partial charge in [-0.2, -0.15) is 0 Å². The van der Waals surface area contributed by atoms with Gasteiger partial charge in [0, 0.05) is 12.8 Å². The Bertz CT molecular complexity index is 1600. The molecule has 0 spiro atoms. The average Bonchev–Trinajstić information content (AvgIpc) is 3.42. The topological polar surface area (TPSA) is 114 Å².